The normalized spacial score (nSPS) is 19.4. The molecule has 0 radical (unpaired) electrons. The number of nitrogens with zero attached hydrogens (tertiary/aromatic N) is 4. The average molecular weight is 491 g/mol. The van der Waals surface area contributed by atoms with Gasteiger partial charge < -0.3 is 9.80 Å². The van der Waals surface area contributed by atoms with Crippen molar-refractivity contribution in [1.82, 2.24) is 14.8 Å². The maximum absolute atomic E-state index is 13.0. The van der Waals surface area contributed by atoms with E-state index in [4.69, 9.17) is 0 Å². The Kier molecular flexibility index (Phi) is 9.16. The van der Waals surface area contributed by atoms with Gasteiger partial charge in [-0.3, -0.25) is 14.7 Å². The number of rotatable bonds is 6. The van der Waals surface area contributed by atoms with Crippen molar-refractivity contribution in [3.8, 4) is 0 Å². The van der Waals surface area contributed by atoms with E-state index in [1.54, 1.807) is 0 Å². The number of benzene rings is 1. The summed E-state index contributed by atoms with van der Waals surface area (Å²) in [5.74, 6) is 0.314. The van der Waals surface area contributed by atoms with Gasteiger partial charge in [0.1, 0.15) is 0 Å². The molecular formula is C27H37F3N4O. The maximum Gasteiger partial charge on any atom is 0.417 e. The number of carbonyl (C=O) groups excluding carboxylic acids is 1. The van der Waals surface area contributed by atoms with Crippen LogP contribution in [0.2, 0.25) is 0 Å². The summed E-state index contributed by atoms with van der Waals surface area (Å²) in [6, 6.07) is 9.78. The molecule has 3 heterocycles. The lowest BCUT2D eigenvalue weighted by Gasteiger charge is -2.37. The van der Waals surface area contributed by atoms with Crippen molar-refractivity contribution in [2.24, 2.45) is 5.92 Å². The average Bonchev–Trinajstić information content (AvgIpc) is 2.83. The van der Waals surface area contributed by atoms with Gasteiger partial charge in [0.2, 0.25) is 5.91 Å². The smallest absolute Gasteiger partial charge is 0.369 e. The predicted molar refractivity (Wildman–Crippen MR) is 133 cm³/mol. The van der Waals surface area contributed by atoms with Crippen molar-refractivity contribution < 1.29 is 18.0 Å². The lowest BCUT2D eigenvalue weighted by Crippen LogP contribution is -2.48. The van der Waals surface area contributed by atoms with Gasteiger partial charge in [-0.05, 0) is 55.9 Å². The third kappa shape index (κ3) is 7.43. The third-order valence-electron chi connectivity index (χ3n) is 6.93. The van der Waals surface area contributed by atoms with Gasteiger partial charge in [0.25, 0.3) is 0 Å². The number of anilines is 1. The summed E-state index contributed by atoms with van der Waals surface area (Å²) in [6.07, 6.45) is 0.791. The van der Waals surface area contributed by atoms with Crippen LogP contribution in [0, 0.1) is 12.8 Å². The van der Waals surface area contributed by atoms with E-state index in [0.29, 0.717) is 24.9 Å². The Hall–Kier alpha value is -2.61. The van der Waals surface area contributed by atoms with E-state index in [0.717, 1.165) is 58.3 Å². The molecule has 0 unspecified atom stereocenters. The number of amides is 1. The van der Waals surface area contributed by atoms with E-state index in [-0.39, 0.29) is 19.3 Å². The topological polar surface area (TPSA) is 39.7 Å². The summed E-state index contributed by atoms with van der Waals surface area (Å²) in [4.78, 5) is 23.3. The van der Waals surface area contributed by atoms with Crippen LogP contribution in [0.5, 0.6) is 0 Å². The number of hydrogen-bond donors (Lipinski definition) is 0. The van der Waals surface area contributed by atoms with Gasteiger partial charge in [-0.15, -0.1) is 0 Å². The van der Waals surface area contributed by atoms with Gasteiger partial charge in [-0.1, -0.05) is 25.1 Å². The maximum atomic E-state index is 13.0. The van der Waals surface area contributed by atoms with Gasteiger partial charge in [0, 0.05) is 70.3 Å². The second kappa shape index (κ2) is 11.9. The number of piperazine rings is 1. The van der Waals surface area contributed by atoms with E-state index < -0.39 is 11.7 Å². The van der Waals surface area contributed by atoms with Crippen molar-refractivity contribution in [2.45, 2.75) is 46.2 Å². The van der Waals surface area contributed by atoms with E-state index in [2.05, 4.69) is 46.0 Å². The molecule has 0 saturated carbocycles. The molecule has 0 N–H and O–H groups in total. The van der Waals surface area contributed by atoms with Gasteiger partial charge in [-0.2, -0.15) is 13.2 Å². The molecule has 2 aliphatic rings. The highest BCUT2D eigenvalue weighted by atomic mass is 19.4. The monoisotopic (exact) mass is 490 g/mol. The number of aryl methyl sites for hydroxylation is 1. The Balaban J connectivity index is 0.00000342. The summed E-state index contributed by atoms with van der Waals surface area (Å²) in [6.45, 7) is 7.96. The zero-order valence-corrected chi connectivity index (χ0v) is 19.7. The number of aromatic nitrogens is 1. The van der Waals surface area contributed by atoms with Crippen LogP contribution in [-0.4, -0.2) is 66.5 Å². The fourth-order valence-electron chi connectivity index (χ4n) is 4.94. The second-order valence-corrected chi connectivity index (χ2v) is 9.55. The minimum absolute atomic E-state index is 0. The molecule has 35 heavy (non-hydrogen) atoms. The van der Waals surface area contributed by atoms with Crippen LogP contribution in [0.4, 0.5) is 18.9 Å². The van der Waals surface area contributed by atoms with Crippen LogP contribution in [0.25, 0.3) is 0 Å². The second-order valence-electron chi connectivity index (χ2n) is 9.55. The van der Waals surface area contributed by atoms with Crippen LogP contribution < -0.4 is 4.90 Å². The molecule has 192 valence electrons. The molecule has 1 atom stereocenters. The number of pyridine rings is 1. The zero-order valence-electron chi connectivity index (χ0n) is 19.7. The van der Waals surface area contributed by atoms with Crippen molar-refractivity contribution in [2.75, 3.05) is 50.7 Å². The Morgan fingerprint density at radius 2 is 1.77 bits per heavy atom. The summed E-state index contributed by atoms with van der Waals surface area (Å²) in [7, 11) is 0. The quantitative estimate of drug-likeness (QED) is 0.569. The standard InChI is InChI=1S/C26H33F3N4O.CH4/c1-20-4-6-24(7-5-20)32-13-11-31(12-14-32)10-8-25(34)33-9-2-3-21(19-33)15-22-16-23(18-30-17-22)26(27,28)29;/h4-7,16-18,21H,2-3,8-15,19H2,1H3;1H4/t21-;/m1./s1. The minimum atomic E-state index is -4.39. The van der Waals surface area contributed by atoms with Gasteiger partial charge >= 0.3 is 6.18 Å². The van der Waals surface area contributed by atoms with E-state index >= 15 is 0 Å². The molecule has 0 spiro atoms. The fourth-order valence-corrected chi connectivity index (χ4v) is 4.94. The number of alkyl halides is 3. The SMILES string of the molecule is C.Cc1ccc(N2CCN(CCC(=O)N3CCC[C@H](Cc4cncc(C(F)(F)F)c4)C3)CC2)cc1. The van der Waals surface area contributed by atoms with Crippen molar-refractivity contribution in [3.05, 3.63) is 59.4 Å². The molecule has 4 rings (SSSR count). The number of halogens is 3. The molecule has 8 heteroatoms. The summed E-state index contributed by atoms with van der Waals surface area (Å²) < 4.78 is 38.9. The highest BCUT2D eigenvalue weighted by molar-refractivity contribution is 5.76. The minimum Gasteiger partial charge on any atom is -0.369 e. The molecule has 1 aromatic heterocycles. The first kappa shape index (κ1) is 27.0. The van der Waals surface area contributed by atoms with Crippen LogP contribution in [0.15, 0.2) is 42.7 Å². The number of likely N-dealkylation sites (tertiary alicyclic amines) is 1. The lowest BCUT2D eigenvalue weighted by atomic mass is 9.91. The molecule has 2 fully saturated rings. The largest absolute Gasteiger partial charge is 0.417 e. The van der Waals surface area contributed by atoms with E-state index in [1.165, 1.54) is 23.5 Å². The Bertz CT molecular complexity index is 956. The summed E-state index contributed by atoms with van der Waals surface area (Å²) in [5.41, 5.74) is 2.38. The van der Waals surface area contributed by atoms with E-state index in [1.807, 2.05) is 4.90 Å². The highest BCUT2D eigenvalue weighted by Crippen LogP contribution is 2.30. The first-order chi connectivity index (χ1) is 16.3. The molecule has 0 aliphatic carbocycles. The predicted octanol–water partition coefficient (Wildman–Crippen LogP) is 5.04. The molecule has 0 bridgehead atoms. The molecule has 1 amide bonds. The zero-order chi connectivity index (χ0) is 24.1. The van der Waals surface area contributed by atoms with Crippen molar-refractivity contribution in [1.29, 1.82) is 0 Å². The molecule has 1 aromatic carbocycles. The number of hydrogen-bond acceptors (Lipinski definition) is 4. The molecule has 2 aromatic rings. The lowest BCUT2D eigenvalue weighted by molar-refractivity contribution is -0.138. The van der Waals surface area contributed by atoms with Crippen LogP contribution in [0.3, 0.4) is 0 Å². The summed E-state index contributed by atoms with van der Waals surface area (Å²) in [5, 5.41) is 0. The molecule has 5 nitrogen and oxygen atoms in total. The van der Waals surface area contributed by atoms with Crippen LogP contribution in [0.1, 0.15) is 43.4 Å². The third-order valence-corrected chi connectivity index (χ3v) is 6.93. The fraction of sp³-hybridized carbons (Fsp3) is 0.556. The number of piperidine rings is 1. The highest BCUT2D eigenvalue weighted by Gasteiger charge is 2.31. The van der Waals surface area contributed by atoms with Crippen LogP contribution in [-0.2, 0) is 17.4 Å². The van der Waals surface area contributed by atoms with Gasteiger partial charge in [0.15, 0.2) is 0 Å². The van der Waals surface area contributed by atoms with Crippen molar-refractivity contribution in [3.63, 3.8) is 0 Å². The Labute approximate surface area is 206 Å². The van der Waals surface area contributed by atoms with E-state index in [9.17, 15) is 18.0 Å². The van der Waals surface area contributed by atoms with Crippen LogP contribution >= 0.6 is 0 Å². The summed E-state index contributed by atoms with van der Waals surface area (Å²) >= 11 is 0. The Morgan fingerprint density at radius 3 is 2.46 bits per heavy atom. The number of carbonyl (C=O) groups is 1. The van der Waals surface area contributed by atoms with Crippen molar-refractivity contribution >= 4 is 11.6 Å². The first-order valence-electron chi connectivity index (χ1n) is 12.1. The first-order valence-corrected chi connectivity index (χ1v) is 12.1. The molecular weight excluding hydrogens is 453 g/mol. The van der Waals surface area contributed by atoms with Gasteiger partial charge in [0.05, 0.1) is 5.56 Å². The Morgan fingerprint density at radius 1 is 1.06 bits per heavy atom. The molecule has 2 aliphatic heterocycles. The molecule has 2 saturated heterocycles. The van der Waals surface area contributed by atoms with Gasteiger partial charge in [-0.25, -0.2) is 0 Å².